The fourth-order valence-corrected chi connectivity index (χ4v) is 1.80. The summed E-state index contributed by atoms with van der Waals surface area (Å²) in [5, 5.41) is 10.6. The van der Waals surface area contributed by atoms with Crippen LogP contribution >= 0.6 is 11.3 Å². The molecular weight excluding hydrogens is 180 g/mol. The van der Waals surface area contributed by atoms with Crippen molar-refractivity contribution in [2.45, 2.75) is 0 Å². The highest BCUT2D eigenvalue weighted by Crippen LogP contribution is 2.24. The van der Waals surface area contributed by atoms with E-state index in [2.05, 4.69) is 11.1 Å². The molecule has 2 aromatic rings. The fraction of sp³-hybridized carbons (Fsp3) is 0. The highest BCUT2D eigenvalue weighted by atomic mass is 32.1. The molecule has 0 atom stereocenters. The van der Waals surface area contributed by atoms with Gasteiger partial charge in [0.2, 0.25) is 0 Å². The number of pyridine rings is 1. The van der Waals surface area contributed by atoms with Crippen LogP contribution < -0.4 is 0 Å². The van der Waals surface area contributed by atoms with Crippen molar-refractivity contribution in [1.29, 1.82) is 5.26 Å². The van der Waals surface area contributed by atoms with Crippen LogP contribution in [0.4, 0.5) is 0 Å². The lowest BCUT2D eigenvalue weighted by Gasteiger charge is -1.93. The fourth-order valence-electron chi connectivity index (χ4n) is 1.09. The summed E-state index contributed by atoms with van der Waals surface area (Å²) in [6.45, 7) is 0. The van der Waals surface area contributed by atoms with Gasteiger partial charge in [0, 0.05) is 12.4 Å². The van der Waals surface area contributed by atoms with Gasteiger partial charge in [0.25, 0.3) is 0 Å². The number of rotatable bonds is 1. The molecule has 0 unspecified atom stereocenters. The highest BCUT2D eigenvalue weighted by molar-refractivity contribution is 7.10. The Balaban J connectivity index is 2.43. The molecule has 13 heavy (non-hydrogen) atoms. The van der Waals surface area contributed by atoms with Crippen molar-refractivity contribution in [3.05, 3.63) is 40.8 Å². The van der Waals surface area contributed by atoms with Crippen molar-refractivity contribution in [1.82, 2.24) is 4.98 Å². The van der Waals surface area contributed by atoms with Gasteiger partial charge in [0.1, 0.15) is 10.9 Å². The molecule has 0 bridgehead atoms. The largest absolute Gasteiger partial charge is 0.265 e. The SMILES string of the molecule is N#Cc1cc(-c2ccncc2)cs1. The molecule has 0 saturated heterocycles. The zero-order valence-electron chi connectivity index (χ0n) is 6.77. The number of nitrogens with zero attached hydrogens (tertiary/aromatic N) is 2. The van der Waals surface area contributed by atoms with Crippen molar-refractivity contribution in [3.8, 4) is 17.2 Å². The van der Waals surface area contributed by atoms with Crippen LogP contribution in [0.1, 0.15) is 4.88 Å². The monoisotopic (exact) mass is 186 g/mol. The molecule has 2 nitrogen and oxygen atoms in total. The van der Waals surface area contributed by atoms with Gasteiger partial charge in [-0.3, -0.25) is 4.98 Å². The lowest BCUT2D eigenvalue weighted by atomic mass is 10.1. The van der Waals surface area contributed by atoms with Gasteiger partial charge in [-0.1, -0.05) is 0 Å². The van der Waals surface area contributed by atoms with Gasteiger partial charge in [-0.15, -0.1) is 11.3 Å². The van der Waals surface area contributed by atoms with Crippen molar-refractivity contribution in [2.24, 2.45) is 0 Å². The smallest absolute Gasteiger partial charge is 0.110 e. The predicted octanol–water partition coefficient (Wildman–Crippen LogP) is 2.68. The van der Waals surface area contributed by atoms with Crippen molar-refractivity contribution in [2.75, 3.05) is 0 Å². The second-order valence-corrected chi connectivity index (χ2v) is 3.46. The molecule has 0 saturated carbocycles. The first-order valence-corrected chi connectivity index (χ1v) is 4.67. The molecule has 2 heterocycles. The Kier molecular flexibility index (Phi) is 2.07. The van der Waals surface area contributed by atoms with Gasteiger partial charge in [0.05, 0.1) is 0 Å². The lowest BCUT2D eigenvalue weighted by Crippen LogP contribution is -1.73. The normalized spacial score (nSPS) is 9.46. The van der Waals surface area contributed by atoms with Crippen LogP contribution in [0.2, 0.25) is 0 Å². The topological polar surface area (TPSA) is 36.7 Å². The van der Waals surface area contributed by atoms with Crippen LogP contribution in [0.25, 0.3) is 11.1 Å². The molecule has 0 aliphatic carbocycles. The third kappa shape index (κ3) is 1.58. The summed E-state index contributed by atoms with van der Waals surface area (Å²) in [5.74, 6) is 0. The Morgan fingerprint density at radius 2 is 2.00 bits per heavy atom. The Morgan fingerprint density at radius 1 is 1.23 bits per heavy atom. The summed E-state index contributed by atoms with van der Waals surface area (Å²) in [6, 6.07) is 7.88. The zero-order chi connectivity index (χ0) is 9.10. The molecule has 62 valence electrons. The lowest BCUT2D eigenvalue weighted by molar-refractivity contribution is 1.33. The van der Waals surface area contributed by atoms with Crippen LogP contribution in [-0.4, -0.2) is 4.98 Å². The molecule has 3 heteroatoms. The standard InChI is InChI=1S/C10H6N2S/c11-6-10-5-9(7-13-10)8-1-3-12-4-2-8/h1-5,7H. The van der Waals surface area contributed by atoms with E-state index in [1.807, 2.05) is 23.6 Å². The van der Waals surface area contributed by atoms with E-state index in [1.165, 1.54) is 11.3 Å². The van der Waals surface area contributed by atoms with Gasteiger partial charge in [-0.2, -0.15) is 5.26 Å². The van der Waals surface area contributed by atoms with E-state index < -0.39 is 0 Å². The third-order valence-electron chi connectivity index (χ3n) is 1.72. The molecule has 0 aliphatic heterocycles. The summed E-state index contributed by atoms with van der Waals surface area (Å²) in [6.07, 6.45) is 3.50. The predicted molar refractivity (Wildman–Crippen MR) is 52.3 cm³/mol. The van der Waals surface area contributed by atoms with Crippen molar-refractivity contribution < 1.29 is 0 Å². The third-order valence-corrected chi connectivity index (χ3v) is 2.56. The van der Waals surface area contributed by atoms with E-state index >= 15 is 0 Å². The first-order chi connectivity index (χ1) is 6.40. The van der Waals surface area contributed by atoms with Gasteiger partial charge in [0.15, 0.2) is 0 Å². The van der Waals surface area contributed by atoms with E-state index in [-0.39, 0.29) is 0 Å². The van der Waals surface area contributed by atoms with Crippen LogP contribution in [0.15, 0.2) is 36.0 Å². The Morgan fingerprint density at radius 3 is 2.62 bits per heavy atom. The van der Waals surface area contributed by atoms with E-state index in [1.54, 1.807) is 12.4 Å². The average molecular weight is 186 g/mol. The molecule has 0 fully saturated rings. The van der Waals surface area contributed by atoms with E-state index in [0.717, 1.165) is 16.0 Å². The summed E-state index contributed by atoms with van der Waals surface area (Å²) >= 11 is 1.46. The van der Waals surface area contributed by atoms with Gasteiger partial charge in [-0.05, 0) is 34.7 Å². The minimum Gasteiger partial charge on any atom is -0.265 e. The average Bonchev–Trinajstić information content (AvgIpc) is 2.67. The number of thiophene rings is 1. The molecule has 0 radical (unpaired) electrons. The molecule has 0 aliphatic rings. The number of hydrogen-bond donors (Lipinski definition) is 0. The first-order valence-electron chi connectivity index (χ1n) is 3.79. The Bertz CT molecular complexity index is 439. The highest BCUT2D eigenvalue weighted by Gasteiger charge is 2.00. The Labute approximate surface area is 80.1 Å². The maximum absolute atomic E-state index is 8.65. The second kappa shape index (κ2) is 3.38. The van der Waals surface area contributed by atoms with E-state index in [9.17, 15) is 0 Å². The molecule has 2 aromatic heterocycles. The minimum absolute atomic E-state index is 0.742. The van der Waals surface area contributed by atoms with Gasteiger partial charge < -0.3 is 0 Å². The van der Waals surface area contributed by atoms with E-state index in [4.69, 9.17) is 5.26 Å². The number of hydrogen-bond acceptors (Lipinski definition) is 3. The van der Waals surface area contributed by atoms with Gasteiger partial charge >= 0.3 is 0 Å². The van der Waals surface area contributed by atoms with Crippen molar-refractivity contribution >= 4 is 11.3 Å². The van der Waals surface area contributed by atoms with Crippen LogP contribution in [0.5, 0.6) is 0 Å². The zero-order valence-corrected chi connectivity index (χ0v) is 7.58. The first kappa shape index (κ1) is 7.96. The maximum atomic E-state index is 8.65. The summed E-state index contributed by atoms with van der Waals surface area (Å²) in [7, 11) is 0. The molecule has 0 amide bonds. The van der Waals surface area contributed by atoms with Crippen LogP contribution in [-0.2, 0) is 0 Å². The van der Waals surface area contributed by atoms with Crippen molar-refractivity contribution in [3.63, 3.8) is 0 Å². The number of nitriles is 1. The number of aromatic nitrogens is 1. The molecule has 0 aromatic carbocycles. The molecular formula is C10H6N2S. The molecule has 0 N–H and O–H groups in total. The quantitative estimate of drug-likeness (QED) is 0.686. The van der Waals surface area contributed by atoms with Gasteiger partial charge in [-0.25, -0.2) is 0 Å². The van der Waals surface area contributed by atoms with Crippen LogP contribution in [0, 0.1) is 11.3 Å². The van der Waals surface area contributed by atoms with E-state index in [0.29, 0.717) is 0 Å². The minimum atomic E-state index is 0.742. The Hall–Kier alpha value is -1.66. The maximum Gasteiger partial charge on any atom is 0.110 e. The molecule has 0 spiro atoms. The molecule has 2 rings (SSSR count). The summed E-state index contributed by atoms with van der Waals surface area (Å²) < 4.78 is 0. The second-order valence-electron chi connectivity index (χ2n) is 2.55. The summed E-state index contributed by atoms with van der Waals surface area (Å²) in [4.78, 5) is 4.68. The summed E-state index contributed by atoms with van der Waals surface area (Å²) in [5.41, 5.74) is 2.19. The van der Waals surface area contributed by atoms with Crippen LogP contribution in [0.3, 0.4) is 0 Å².